The number of hydrazone groups is 1. The van der Waals surface area contributed by atoms with E-state index in [-0.39, 0.29) is 11.7 Å². The van der Waals surface area contributed by atoms with Crippen molar-refractivity contribution in [3.63, 3.8) is 0 Å². The lowest BCUT2D eigenvalue weighted by atomic mass is 10.2. The second-order valence-electron chi connectivity index (χ2n) is 2.94. The van der Waals surface area contributed by atoms with Gasteiger partial charge in [0.1, 0.15) is 5.75 Å². The quantitative estimate of drug-likeness (QED) is 0.572. The predicted octanol–water partition coefficient (Wildman–Crippen LogP) is 1.88. The molecule has 0 spiro atoms. The molecule has 0 aliphatic rings. The molecule has 1 aromatic carbocycles. The Balaban J connectivity index is 2.11. The molecule has 0 fully saturated rings. The van der Waals surface area contributed by atoms with Gasteiger partial charge in [-0.1, -0.05) is 5.10 Å². The Kier molecular flexibility index (Phi) is 3.69. The van der Waals surface area contributed by atoms with E-state index in [9.17, 15) is 5.11 Å². The molecule has 0 aliphatic heterocycles. The van der Waals surface area contributed by atoms with E-state index in [0.29, 0.717) is 8.95 Å². The van der Waals surface area contributed by atoms with Crippen LogP contribution in [0.15, 0.2) is 26.2 Å². The first-order chi connectivity index (χ1) is 8.16. The molecule has 2 aromatic rings. The monoisotopic (exact) mass is 360 g/mol. The molecule has 88 valence electrons. The van der Waals surface area contributed by atoms with Crippen molar-refractivity contribution in [2.45, 2.75) is 0 Å². The number of phenolic OH excluding ortho intramolecular Hbond substituents is 1. The van der Waals surface area contributed by atoms with Crippen molar-refractivity contribution in [1.82, 2.24) is 20.6 Å². The SMILES string of the molecule is Oc1c(Br)cc(/C=N\Nc2nn[nH]n2)cc1Br. The average Bonchev–Trinajstić information content (AvgIpc) is 2.79. The summed E-state index contributed by atoms with van der Waals surface area (Å²) in [4.78, 5) is 0. The largest absolute Gasteiger partial charge is 0.506 e. The number of benzene rings is 1. The van der Waals surface area contributed by atoms with Gasteiger partial charge in [0.25, 0.3) is 5.95 Å². The fraction of sp³-hybridized carbons (Fsp3) is 0. The lowest BCUT2D eigenvalue weighted by Crippen LogP contribution is -1.92. The van der Waals surface area contributed by atoms with Gasteiger partial charge < -0.3 is 5.11 Å². The number of tetrazole rings is 1. The van der Waals surface area contributed by atoms with Crippen LogP contribution in [0.1, 0.15) is 5.56 Å². The van der Waals surface area contributed by atoms with Gasteiger partial charge in [-0.3, -0.25) is 0 Å². The molecule has 1 aromatic heterocycles. The van der Waals surface area contributed by atoms with E-state index in [1.165, 1.54) is 0 Å². The number of halogens is 2. The third-order valence-corrected chi connectivity index (χ3v) is 2.97. The van der Waals surface area contributed by atoms with Crippen molar-refractivity contribution in [3.05, 3.63) is 26.6 Å². The van der Waals surface area contributed by atoms with E-state index in [4.69, 9.17) is 0 Å². The number of phenols is 1. The van der Waals surface area contributed by atoms with Crippen LogP contribution in [0.3, 0.4) is 0 Å². The summed E-state index contributed by atoms with van der Waals surface area (Å²) in [5.41, 5.74) is 3.38. The van der Waals surface area contributed by atoms with Gasteiger partial charge in [-0.25, -0.2) is 5.43 Å². The Morgan fingerprint density at radius 3 is 2.65 bits per heavy atom. The van der Waals surface area contributed by atoms with Crippen LogP contribution in [0, 0.1) is 0 Å². The van der Waals surface area contributed by atoms with Crippen LogP contribution in [0.2, 0.25) is 0 Å². The Morgan fingerprint density at radius 2 is 2.06 bits per heavy atom. The molecule has 0 unspecified atom stereocenters. The predicted molar refractivity (Wildman–Crippen MR) is 68.9 cm³/mol. The summed E-state index contributed by atoms with van der Waals surface area (Å²) in [5.74, 6) is 0.423. The Labute approximate surface area is 113 Å². The van der Waals surface area contributed by atoms with Crippen LogP contribution in [-0.2, 0) is 0 Å². The van der Waals surface area contributed by atoms with E-state index in [1.807, 2.05) is 0 Å². The number of nitrogens with zero attached hydrogens (tertiary/aromatic N) is 4. The summed E-state index contributed by atoms with van der Waals surface area (Å²) >= 11 is 6.45. The molecular weight excluding hydrogens is 356 g/mol. The first-order valence-electron chi connectivity index (χ1n) is 4.37. The molecule has 3 N–H and O–H groups in total. The van der Waals surface area contributed by atoms with E-state index < -0.39 is 0 Å². The summed E-state index contributed by atoms with van der Waals surface area (Å²) in [7, 11) is 0. The highest BCUT2D eigenvalue weighted by Gasteiger charge is 2.04. The minimum atomic E-state index is 0.147. The average molecular weight is 362 g/mol. The number of rotatable bonds is 3. The van der Waals surface area contributed by atoms with Crippen LogP contribution in [0.5, 0.6) is 5.75 Å². The molecule has 0 atom stereocenters. The first-order valence-corrected chi connectivity index (χ1v) is 5.96. The number of aromatic hydroxyl groups is 1. The normalized spacial score (nSPS) is 10.9. The van der Waals surface area contributed by atoms with Crippen LogP contribution < -0.4 is 5.43 Å². The highest BCUT2D eigenvalue weighted by atomic mass is 79.9. The zero-order valence-electron chi connectivity index (χ0n) is 8.22. The van der Waals surface area contributed by atoms with Crippen molar-refractivity contribution < 1.29 is 5.11 Å². The summed E-state index contributed by atoms with van der Waals surface area (Å²) in [6.45, 7) is 0. The molecule has 0 saturated heterocycles. The molecule has 1 heterocycles. The fourth-order valence-electron chi connectivity index (χ4n) is 1.03. The number of aromatic nitrogens is 4. The van der Waals surface area contributed by atoms with Crippen molar-refractivity contribution in [1.29, 1.82) is 0 Å². The summed E-state index contributed by atoms with van der Waals surface area (Å²) in [6, 6.07) is 3.45. The second-order valence-corrected chi connectivity index (χ2v) is 4.65. The van der Waals surface area contributed by atoms with Crippen molar-refractivity contribution >= 4 is 44.0 Å². The molecule has 0 bridgehead atoms. The van der Waals surface area contributed by atoms with Crippen molar-refractivity contribution in [3.8, 4) is 5.75 Å². The molecule has 0 aliphatic carbocycles. The van der Waals surface area contributed by atoms with Gasteiger partial charge in [0.05, 0.1) is 15.2 Å². The number of hydrogen-bond donors (Lipinski definition) is 3. The molecule has 9 heteroatoms. The summed E-state index contributed by atoms with van der Waals surface area (Å²) < 4.78 is 1.15. The number of aromatic amines is 1. The third kappa shape index (κ3) is 3.01. The topological polar surface area (TPSA) is 99.1 Å². The molecule has 2 rings (SSSR count). The number of nitrogens with one attached hydrogen (secondary N) is 2. The van der Waals surface area contributed by atoms with Crippen LogP contribution in [-0.4, -0.2) is 31.9 Å². The lowest BCUT2D eigenvalue weighted by Gasteiger charge is -2.01. The van der Waals surface area contributed by atoms with Crippen LogP contribution in [0.25, 0.3) is 0 Å². The third-order valence-electron chi connectivity index (χ3n) is 1.76. The van der Waals surface area contributed by atoms with Crippen molar-refractivity contribution in [2.75, 3.05) is 5.43 Å². The van der Waals surface area contributed by atoms with E-state index >= 15 is 0 Å². The van der Waals surface area contributed by atoms with Gasteiger partial charge in [-0.05, 0) is 54.8 Å². The first kappa shape index (κ1) is 12.0. The zero-order chi connectivity index (χ0) is 12.3. The van der Waals surface area contributed by atoms with Gasteiger partial charge in [0.15, 0.2) is 0 Å². The number of anilines is 1. The minimum Gasteiger partial charge on any atom is -0.506 e. The maximum absolute atomic E-state index is 9.52. The maximum Gasteiger partial charge on any atom is 0.283 e. The smallest absolute Gasteiger partial charge is 0.283 e. The number of H-pyrrole nitrogens is 1. The van der Waals surface area contributed by atoms with Gasteiger partial charge in [0, 0.05) is 0 Å². The van der Waals surface area contributed by atoms with E-state index in [1.54, 1.807) is 18.3 Å². The Hall–Kier alpha value is -1.48. The van der Waals surface area contributed by atoms with E-state index in [2.05, 4.69) is 63.0 Å². The molecule has 0 saturated carbocycles. The van der Waals surface area contributed by atoms with Gasteiger partial charge in [-0.2, -0.15) is 10.3 Å². The molecule has 0 radical (unpaired) electrons. The maximum atomic E-state index is 9.52. The van der Waals surface area contributed by atoms with Gasteiger partial charge >= 0.3 is 0 Å². The second kappa shape index (κ2) is 5.23. The molecule has 0 amide bonds. The molecule has 7 nitrogen and oxygen atoms in total. The number of hydrogen-bond acceptors (Lipinski definition) is 6. The highest BCUT2D eigenvalue weighted by Crippen LogP contribution is 2.32. The van der Waals surface area contributed by atoms with Crippen molar-refractivity contribution in [2.24, 2.45) is 5.10 Å². The molecular formula is C8H6Br2N6O. The summed E-state index contributed by atoms with van der Waals surface area (Å²) in [6.07, 6.45) is 1.56. The molecule has 17 heavy (non-hydrogen) atoms. The summed E-state index contributed by atoms with van der Waals surface area (Å²) in [5, 5.41) is 26.4. The van der Waals surface area contributed by atoms with Gasteiger partial charge in [0.2, 0.25) is 0 Å². The van der Waals surface area contributed by atoms with Gasteiger partial charge in [-0.15, -0.1) is 5.10 Å². The Bertz CT molecular complexity index is 518. The van der Waals surface area contributed by atoms with Crippen LogP contribution >= 0.6 is 31.9 Å². The zero-order valence-corrected chi connectivity index (χ0v) is 11.4. The Morgan fingerprint density at radius 1 is 1.35 bits per heavy atom. The fourth-order valence-corrected chi connectivity index (χ4v) is 2.26. The van der Waals surface area contributed by atoms with Crippen LogP contribution in [0.4, 0.5) is 5.95 Å². The van der Waals surface area contributed by atoms with E-state index in [0.717, 1.165) is 5.56 Å². The highest BCUT2D eigenvalue weighted by molar-refractivity contribution is 9.11. The minimum absolute atomic E-state index is 0.147. The lowest BCUT2D eigenvalue weighted by molar-refractivity contribution is 0.468. The standard InChI is InChI=1S/C8H6Br2N6O/c9-5-1-4(2-6(10)7(5)17)3-11-12-8-13-15-16-14-8/h1-3,17H,(H2,12,13,14,15,16)/b11-3-.